The summed E-state index contributed by atoms with van der Waals surface area (Å²) in [6.07, 6.45) is 1.04. The fourth-order valence-corrected chi connectivity index (χ4v) is 3.88. The lowest BCUT2D eigenvalue weighted by molar-refractivity contribution is -0.889. The molecule has 25 heavy (non-hydrogen) atoms. The van der Waals surface area contributed by atoms with Crippen LogP contribution in [0.1, 0.15) is 18.9 Å². The zero-order valence-corrected chi connectivity index (χ0v) is 18.1. The summed E-state index contributed by atoms with van der Waals surface area (Å²) in [5.41, 5.74) is 1.04. The molecule has 0 aliphatic heterocycles. The lowest BCUT2D eigenvalue weighted by Gasteiger charge is -2.34. The van der Waals surface area contributed by atoms with Gasteiger partial charge in [0.05, 0.1) is 42.7 Å². The molecule has 0 bridgehead atoms. The Morgan fingerprint density at radius 3 is 2.24 bits per heavy atom. The monoisotopic (exact) mass is 478 g/mol. The number of nitrogens with one attached hydrogen (secondary N) is 1. The number of benzene rings is 1. The van der Waals surface area contributed by atoms with Crippen molar-refractivity contribution < 1.29 is 23.9 Å². The van der Waals surface area contributed by atoms with Crippen molar-refractivity contribution in [3.63, 3.8) is 0 Å². The highest BCUT2D eigenvalue weighted by Crippen LogP contribution is 2.35. The lowest BCUT2D eigenvalue weighted by Crippen LogP contribution is -2.55. The molecule has 8 heteroatoms. The van der Waals surface area contributed by atoms with Crippen molar-refractivity contribution in [1.29, 1.82) is 0 Å². The topological polar surface area (TPSA) is 78.5 Å². The smallest absolute Gasteiger partial charge is 0.216 e. The van der Waals surface area contributed by atoms with Crippen molar-refractivity contribution in [3.05, 3.63) is 26.6 Å². The van der Waals surface area contributed by atoms with E-state index < -0.39 is 12.0 Å². The number of amides is 1. The van der Waals surface area contributed by atoms with Crippen molar-refractivity contribution in [1.82, 2.24) is 5.32 Å². The number of rotatable bonds is 9. The van der Waals surface area contributed by atoms with E-state index in [9.17, 15) is 14.7 Å². The second-order valence-corrected chi connectivity index (χ2v) is 8.42. The molecule has 0 fully saturated rings. The van der Waals surface area contributed by atoms with E-state index in [0.29, 0.717) is 25.1 Å². The molecule has 1 rings (SSSR count). The molecule has 0 aliphatic carbocycles. The average Bonchev–Trinajstić information content (AvgIpc) is 2.43. The van der Waals surface area contributed by atoms with Gasteiger partial charge in [0.1, 0.15) is 11.8 Å². The van der Waals surface area contributed by atoms with E-state index in [4.69, 9.17) is 4.74 Å². The Balaban J connectivity index is 2.70. The standard InChI is InChI=1S/C17H24Br2N2O4/c1-11(22)20-7-5-12-9-13(18)16(14(19)10-12)25-8-6-15(17(23)24)21(2,3)4/h9-10,15H,5-8H2,1-4H3,(H-,20,22,23,24)/t15-/m1/s1. The van der Waals surface area contributed by atoms with Gasteiger partial charge < -0.3 is 24.4 Å². The van der Waals surface area contributed by atoms with E-state index in [-0.39, 0.29) is 17.0 Å². The molecule has 1 aromatic carbocycles. The first kappa shape index (κ1) is 21.9. The summed E-state index contributed by atoms with van der Waals surface area (Å²) in [5, 5.41) is 14.0. The highest BCUT2D eigenvalue weighted by Gasteiger charge is 2.25. The number of ether oxygens (including phenoxy) is 1. The van der Waals surface area contributed by atoms with Gasteiger partial charge in [-0.3, -0.25) is 4.79 Å². The Morgan fingerprint density at radius 1 is 1.24 bits per heavy atom. The first-order valence-electron chi connectivity index (χ1n) is 7.89. The molecule has 1 atom stereocenters. The van der Waals surface area contributed by atoms with Gasteiger partial charge in [0.25, 0.3) is 0 Å². The van der Waals surface area contributed by atoms with Crippen molar-refractivity contribution >= 4 is 43.7 Å². The Bertz CT molecular complexity index is 607. The molecule has 0 saturated heterocycles. The summed E-state index contributed by atoms with van der Waals surface area (Å²) in [6.45, 7) is 2.31. The predicted molar refractivity (Wildman–Crippen MR) is 101 cm³/mol. The molecule has 1 aromatic rings. The van der Waals surface area contributed by atoms with Gasteiger partial charge in [-0.1, -0.05) is 0 Å². The molecular weight excluding hydrogens is 456 g/mol. The van der Waals surface area contributed by atoms with Gasteiger partial charge in [0.15, 0.2) is 0 Å². The van der Waals surface area contributed by atoms with E-state index in [0.717, 1.165) is 14.5 Å². The molecule has 0 aliphatic rings. The van der Waals surface area contributed by atoms with E-state index in [1.165, 1.54) is 6.92 Å². The van der Waals surface area contributed by atoms with Gasteiger partial charge >= 0.3 is 0 Å². The normalized spacial score (nSPS) is 12.6. The minimum absolute atomic E-state index is 0.0576. The lowest BCUT2D eigenvalue weighted by atomic mass is 10.1. The number of carboxylic acids is 1. The third kappa shape index (κ3) is 7.33. The third-order valence-electron chi connectivity index (χ3n) is 3.69. The van der Waals surface area contributed by atoms with E-state index in [2.05, 4.69) is 37.2 Å². The first-order valence-corrected chi connectivity index (χ1v) is 9.48. The van der Waals surface area contributed by atoms with Crippen LogP contribution in [0.2, 0.25) is 0 Å². The van der Waals surface area contributed by atoms with Crippen LogP contribution in [-0.4, -0.2) is 56.7 Å². The minimum atomic E-state index is -1.08. The van der Waals surface area contributed by atoms with Crippen molar-refractivity contribution in [2.45, 2.75) is 25.8 Å². The van der Waals surface area contributed by atoms with Gasteiger partial charge in [0, 0.05) is 19.9 Å². The number of carbonyl (C=O) groups excluding carboxylic acids is 2. The van der Waals surface area contributed by atoms with Crippen molar-refractivity contribution in [2.75, 3.05) is 34.3 Å². The summed E-state index contributed by atoms with van der Waals surface area (Å²) in [4.78, 5) is 22.2. The molecule has 1 N–H and O–H groups in total. The average molecular weight is 480 g/mol. The number of carboxylic acid groups (broad SMARTS) is 1. The molecular formula is C17H24Br2N2O4. The molecule has 0 spiro atoms. The van der Waals surface area contributed by atoms with Crippen LogP contribution < -0.4 is 15.2 Å². The van der Waals surface area contributed by atoms with Crippen LogP contribution in [0.25, 0.3) is 0 Å². The summed E-state index contributed by atoms with van der Waals surface area (Å²) in [7, 11) is 5.45. The zero-order chi connectivity index (χ0) is 19.2. The Kier molecular flexibility index (Phi) is 8.37. The molecule has 6 nitrogen and oxygen atoms in total. The maximum Gasteiger partial charge on any atom is 0.216 e. The van der Waals surface area contributed by atoms with Crippen molar-refractivity contribution in [2.24, 2.45) is 0 Å². The highest BCUT2D eigenvalue weighted by molar-refractivity contribution is 9.11. The van der Waals surface area contributed by atoms with E-state index in [1.807, 2.05) is 33.3 Å². The third-order valence-corrected chi connectivity index (χ3v) is 4.87. The summed E-state index contributed by atoms with van der Waals surface area (Å²) in [6, 6.07) is 3.21. The van der Waals surface area contributed by atoms with Crippen LogP contribution in [0, 0.1) is 0 Å². The number of nitrogens with zero attached hydrogens (tertiary/aromatic N) is 1. The van der Waals surface area contributed by atoms with Gasteiger partial charge in [-0.2, -0.15) is 0 Å². The highest BCUT2D eigenvalue weighted by atomic mass is 79.9. The van der Waals surface area contributed by atoms with E-state index >= 15 is 0 Å². The van der Waals surface area contributed by atoms with Crippen LogP contribution in [0.15, 0.2) is 21.1 Å². The largest absolute Gasteiger partial charge is 0.544 e. The maximum absolute atomic E-state index is 11.3. The van der Waals surface area contributed by atoms with Gasteiger partial charge in [0.2, 0.25) is 5.91 Å². The van der Waals surface area contributed by atoms with Gasteiger partial charge in [-0.15, -0.1) is 0 Å². The summed E-state index contributed by atoms with van der Waals surface area (Å²) in [5.74, 6) is -0.512. The second kappa shape index (κ2) is 9.54. The number of halogens is 2. The zero-order valence-electron chi connectivity index (χ0n) is 14.9. The number of carbonyl (C=O) groups is 2. The predicted octanol–water partition coefficient (Wildman–Crippen LogP) is 1.48. The molecule has 0 aromatic heterocycles. The molecule has 0 heterocycles. The molecule has 140 valence electrons. The summed E-state index contributed by atoms with van der Waals surface area (Å²) < 4.78 is 7.60. The summed E-state index contributed by atoms with van der Waals surface area (Å²) >= 11 is 6.96. The SMILES string of the molecule is CC(=O)NCCc1cc(Br)c(OCC[C@H](C(=O)[O-])[N+](C)(C)C)c(Br)c1. The number of hydrogen-bond acceptors (Lipinski definition) is 4. The van der Waals surface area contributed by atoms with Crippen LogP contribution in [0.5, 0.6) is 5.75 Å². The van der Waals surface area contributed by atoms with Crippen LogP contribution in [-0.2, 0) is 16.0 Å². The number of aliphatic carboxylic acids is 1. The first-order chi connectivity index (χ1) is 11.5. The fourth-order valence-electron chi connectivity index (χ4n) is 2.37. The number of hydrogen-bond donors (Lipinski definition) is 1. The molecule has 1 amide bonds. The molecule has 0 unspecified atom stereocenters. The number of likely N-dealkylation sites (N-methyl/N-ethyl adjacent to an activating group) is 1. The van der Waals surface area contributed by atoms with Gasteiger partial charge in [-0.05, 0) is 56.0 Å². The fraction of sp³-hybridized carbons (Fsp3) is 0.529. The van der Waals surface area contributed by atoms with Crippen molar-refractivity contribution in [3.8, 4) is 5.75 Å². The number of quaternary nitrogens is 1. The quantitative estimate of drug-likeness (QED) is 0.544. The minimum Gasteiger partial charge on any atom is -0.544 e. The van der Waals surface area contributed by atoms with Crippen LogP contribution >= 0.6 is 31.9 Å². The molecule has 0 saturated carbocycles. The van der Waals surface area contributed by atoms with E-state index in [1.54, 1.807) is 0 Å². The van der Waals surface area contributed by atoms with Crippen LogP contribution in [0.4, 0.5) is 0 Å². The maximum atomic E-state index is 11.3. The van der Waals surface area contributed by atoms with Crippen LogP contribution in [0.3, 0.4) is 0 Å². The Morgan fingerprint density at radius 2 is 1.80 bits per heavy atom. The Labute approximate surface area is 165 Å². The van der Waals surface area contributed by atoms with Gasteiger partial charge in [-0.25, -0.2) is 0 Å². The second-order valence-electron chi connectivity index (χ2n) is 6.71. The molecule has 0 radical (unpaired) electrons. The Hall–Kier alpha value is -1.12.